The van der Waals surface area contributed by atoms with Gasteiger partial charge in [0.05, 0.1) is 7.11 Å². The Morgan fingerprint density at radius 2 is 1.90 bits per heavy atom. The molecule has 120 valence electrons. The van der Waals surface area contributed by atoms with Crippen molar-refractivity contribution >= 4 is 18.0 Å². The summed E-state index contributed by atoms with van der Waals surface area (Å²) in [4.78, 5) is 36.0. The maximum atomic E-state index is 12.0. The summed E-state index contributed by atoms with van der Waals surface area (Å²) in [6, 6.07) is -0.256. The number of rotatable bonds is 3. The quantitative estimate of drug-likeness (QED) is 0.813. The van der Waals surface area contributed by atoms with Crippen LogP contribution in [0, 0.1) is 11.3 Å². The van der Waals surface area contributed by atoms with Crippen LogP contribution in [0.5, 0.6) is 0 Å². The predicted octanol–water partition coefficient (Wildman–Crippen LogP) is 1.08. The second-order valence-corrected chi connectivity index (χ2v) is 6.49. The highest BCUT2D eigenvalue weighted by molar-refractivity contribution is 5.81. The Morgan fingerprint density at radius 1 is 1.29 bits per heavy atom. The highest BCUT2D eigenvalue weighted by Gasteiger charge is 2.34. The smallest absolute Gasteiger partial charge is 0.409 e. The fraction of sp³-hybridized carbons (Fsp3) is 0.786. The molecule has 0 aromatic rings. The average Bonchev–Trinajstić information content (AvgIpc) is 2.35. The third-order valence-electron chi connectivity index (χ3n) is 3.45. The van der Waals surface area contributed by atoms with Crippen LogP contribution < -0.4 is 5.32 Å². The molecular weight excluding hydrogens is 276 g/mol. The molecule has 1 saturated heterocycles. The van der Waals surface area contributed by atoms with Crippen LogP contribution in [-0.2, 0) is 14.3 Å². The van der Waals surface area contributed by atoms with Gasteiger partial charge in [-0.25, -0.2) is 4.79 Å². The number of piperidine rings is 1. The molecule has 1 rings (SSSR count). The molecule has 0 spiro atoms. The number of ether oxygens (including phenoxy) is 1. The maximum Gasteiger partial charge on any atom is 0.409 e. The van der Waals surface area contributed by atoms with E-state index < -0.39 is 17.5 Å². The van der Waals surface area contributed by atoms with Crippen molar-refractivity contribution in [3.05, 3.63) is 0 Å². The van der Waals surface area contributed by atoms with E-state index in [-0.39, 0.29) is 24.3 Å². The van der Waals surface area contributed by atoms with Crippen LogP contribution in [0.25, 0.3) is 0 Å². The molecule has 1 heterocycles. The third-order valence-corrected chi connectivity index (χ3v) is 3.45. The molecule has 1 fully saturated rings. The normalized spacial score (nSPS) is 22.6. The first-order valence-corrected chi connectivity index (χ1v) is 6.99. The zero-order valence-electron chi connectivity index (χ0n) is 13.0. The van der Waals surface area contributed by atoms with Crippen LogP contribution in [0.1, 0.15) is 33.6 Å². The van der Waals surface area contributed by atoms with E-state index in [4.69, 9.17) is 9.84 Å². The summed E-state index contributed by atoms with van der Waals surface area (Å²) in [6.07, 6.45) is 0.0110. The molecule has 21 heavy (non-hydrogen) atoms. The lowest BCUT2D eigenvalue weighted by Gasteiger charge is -2.37. The lowest BCUT2D eigenvalue weighted by Crippen LogP contribution is -2.54. The summed E-state index contributed by atoms with van der Waals surface area (Å²) in [5.74, 6) is -1.22. The average molecular weight is 300 g/mol. The van der Waals surface area contributed by atoms with Crippen LogP contribution in [0.4, 0.5) is 4.79 Å². The Morgan fingerprint density at radius 3 is 2.38 bits per heavy atom. The monoisotopic (exact) mass is 300 g/mol. The Hall–Kier alpha value is -1.79. The fourth-order valence-corrected chi connectivity index (χ4v) is 2.38. The van der Waals surface area contributed by atoms with Crippen LogP contribution in [0.15, 0.2) is 0 Å². The van der Waals surface area contributed by atoms with E-state index in [1.165, 1.54) is 12.0 Å². The minimum absolute atomic E-state index is 0.0324. The highest BCUT2D eigenvalue weighted by atomic mass is 16.5. The van der Waals surface area contributed by atoms with Gasteiger partial charge in [-0.05, 0) is 12.3 Å². The number of hydrogen-bond acceptors (Lipinski definition) is 4. The third kappa shape index (κ3) is 5.24. The topological polar surface area (TPSA) is 95.9 Å². The molecule has 7 nitrogen and oxygen atoms in total. The Bertz CT molecular complexity index is 416. The summed E-state index contributed by atoms with van der Waals surface area (Å²) in [5, 5.41) is 11.8. The van der Waals surface area contributed by atoms with Gasteiger partial charge in [-0.1, -0.05) is 20.8 Å². The van der Waals surface area contributed by atoms with Gasteiger partial charge >= 0.3 is 12.1 Å². The first-order valence-electron chi connectivity index (χ1n) is 6.99. The Kier molecular flexibility index (Phi) is 5.57. The number of carboxylic acids is 1. The number of carbonyl (C=O) groups is 3. The van der Waals surface area contributed by atoms with Crippen LogP contribution in [0.3, 0.4) is 0 Å². The van der Waals surface area contributed by atoms with Gasteiger partial charge in [0.1, 0.15) is 0 Å². The molecule has 2 N–H and O–H groups in total. The second-order valence-electron chi connectivity index (χ2n) is 6.49. The van der Waals surface area contributed by atoms with E-state index in [2.05, 4.69) is 5.32 Å². The molecule has 2 unspecified atom stereocenters. The Balaban J connectivity index is 2.75. The summed E-state index contributed by atoms with van der Waals surface area (Å²) >= 11 is 0. The van der Waals surface area contributed by atoms with Gasteiger partial charge in [-0.3, -0.25) is 9.59 Å². The summed E-state index contributed by atoms with van der Waals surface area (Å²) in [6.45, 7) is 6.08. The minimum atomic E-state index is -0.910. The van der Waals surface area contributed by atoms with Crippen molar-refractivity contribution in [1.29, 1.82) is 0 Å². The molecule has 0 aromatic heterocycles. The van der Waals surface area contributed by atoms with Crippen molar-refractivity contribution in [1.82, 2.24) is 10.2 Å². The first-order chi connectivity index (χ1) is 9.63. The van der Waals surface area contributed by atoms with Crippen molar-refractivity contribution in [3.63, 3.8) is 0 Å². The predicted molar refractivity (Wildman–Crippen MR) is 75.7 cm³/mol. The number of nitrogens with one attached hydrogen (secondary N) is 1. The molecule has 1 aliphatic heterocycles. The number of carbonyl (C=O) groups excluding carboxylic acids is 2. The molecular formula is C14H24N2O5. The lowest BCUT2D eigenvalue weighted by atomic mass is 9.90. The number of carboxylic acid groups (broad SMARTS) is 1. The van der Waals surface area contributed by atoms with Crippen molar-refractivity contribution in [2.24, 2.45) is 11.3 Å². The number of methoxy groups -OCH3 is 1. The van der Waals surface area contributed by atoms with Gasteiger partial charge in [-0.2, -0.15) is 0 Å². The van der Waals surface area contributed by atoms with E-state index in [1.54, 1.807) is 20.8 Å². The fourth-order valence-electron chi connectivity index (χ4n) is 2.38. The summed E-state index contributed by atoms with van der Waals surface area (Å²) in [5.41, 5.74) is -0.532. The van der Waals surface area contributed by atoms with Gasteiger partial charge < -0.3 is 20.1 Å². The van der Waals surface area contributed by atoms with Gasteiger partial charge in [0.25, 0.3) is 0 Å². The molecule has 2 amide bonds. The number of hydrogen-bond donors (Lipinski definition) is 2. The number of amides is 2. The molecule has 1 aliphatic rings. The molecule has 2 atom stereocenters. The zero-order valence-corrected chi connectivity index (χ0v) is 13.0. The summed E-state index contributed by atoms with van der Waals surface area (Å²) in [7, 11) is 1.28. The molecule has 7 heteroatoms. The van der Waals surface area contributed by atoms with Gasteiger partial charge in [0, 0.05) is 31.0 Å². The zero-order chi connectivity index (χ0) is 16.2. The van der Waals surface area contributed by atoms with E-state index in [1.807, 2.05) is 0 Å². The van der Waals surface area contributed by atoms with Crippen LogP contribution >= 0.6 is 0 Å². The van der Waals surface area contributed by atoms with Crippen molar-refractivity contribution in [3.8, 4) is 0 Å². The maximum absolute atomic E-state index is 12.0. The van der Waals surface area contributed by atoms with Crippen LogP contribution in [0.2, 0.25) is 0 Å². The molecule has 0 aliphatic carbocycles. The van der Waals surface area contributed by atoms with Crippen molar-refractivity contribution in [2.45, 2.75) is 39.7 Å². The molecule has 0 saturated carbocycles. The van der Waals surface area contributed by atoms with Crippen molar-refractivity contribution in [2.75, 3.05) is 20.2 Å². The van der Waals surface area contributed by atoms with E-state index >= 15 is 0 Å². The SMILES string of the molecule is COC(=O)N1CC(CC(=O)O)CC(NC(=O)C(C)(C)C)C1. The first kappa shape index (κ1) is 17.3. The minimum Gasteiger partial charge on any atom is -0.481 e. The molecule has 0 aromatic carbocycles. The largest absolute Gasteiger partial charge is 0.481 e. The van der Waals surface area contributed by atoms with Crippen molar-refractivity contribution < 1.29 is 24.2 Å². The Labute approximate surface area is 124 Å². The number of aliphatic carboxylic acids is 1. The van der Waals surface area contributed by atoms with E-state index in [9.17, 15) is 14.4 Å². The lowest BCUT2D eigenvalue weighted by molar-refractivity contribution is -0.138. The van der Waals surface area contributed by atoms with Gasteiger partial charge in [0.15, 0.2) is 0 Å². The van der Waals surface area contributed by atoms with Gasteiger partial charge in [0.2, 0.25) is 5.91 Å². The summed E-state index contributed by atoms with van der Waals surface area (Å²) < 4.78 is 4.69. The van der Waals surface area contributed by atoms with E-state index in [0.717, 1.165) is 0 Å². The number of likely N-dealkylation sites (tertiary alicyclic amines) is 1. The molecule has 0 bridgehead atoms. The van der Waals surface area contributed by atoms with Gasteiger partial charge in [-0.15, -0.1) is 0 Å². The molecule has 0 radical (unpaired) electrons. The standard InChI is InChI=1S/C14H24N2O5/c1-14(2,3)12(19)15-10-5-9(6-11(17)18)7-16(8-10)13(20)21-4/h9-10H,5-8H2,1-4H3,(H,15,19)(H,17,18). The second kappa shape index (κ2) is 6.78. The number of nitrogens with zero attached hydrogens (tertiary/aromatic N) is 1. The highest BCUT2D eigenvalue weighted by Crippen LogP contribution is 2.22. The van der Waals surface area contributed by atoms with E-state index in [0.29, 0.717) is 19.5 Å². The van der Waals surface area contributed by atoms with Crippen LogP contribution in [-0.4, -0.2) is 54.2 Å².